The van der Waals surface area contributed by atoms with Crippen LogP contribution in [0.15, 0.2) is 71.0 Å². The fourth-order valence-corrected chi connectivity index (χ4v) is 5.64. The SMILES string of the molecule is CC1=CC[C@@H]([C@@H](C)/C=C(C)/C=C\C=C/C(=O)N[C@H](C(=O)N/C=C\C[C@H](C/C=C(\C)Cl)O[Si](C)(C)C(C)(C)C)C(C)C)OC1=O. The van der Waals surface area contributed by atoms with Gasteiger partial charge in [0.1, 0.15) is 12.1 Å². The van der Waals surface area contributed by atoms with E-state index in [1.165, 1.54) is 6.08 Å². The molecule has 1 aliphatic rings. The minimum Gasteiger partial charge on any atom is -0.458 e. The van der Waals surface area contributed by atoms with Crippen LogP contribution in [0.1, 0.15) is 81.6 Å². The Kier molecular flexibility index (Phi) is 16.4. The first-order chi connectivity index (χ1) is 20.3. The van der Waals surface area contributed by atoms with Gasteiger partial charge in [-0.25, -0.2) is 4.79 Å². The molecule has 0 aromatic carbocycles. The normalized spacial score (nSPS) is 19.3. The summed E-state index contributed by atoms with van der Waals surface area (Å²) in [6.07, 6.45) is 17.9. The Morgan fingerprint density at radius 3 is 2.34 bits per heavy atom. The molecule has 0 fully saturated rings. The van der Waals surface area contributed by atoms with Crippen molar-refractivity contribution in [3.63, 3.8) is 0 Å². The maximum Gasteiger partial charge on any atom is 0.333 e. The summed E-state index contributed by atoms with van der Waals surface area (Å²) in [5, 5.41) is 6.42. The minimum absolute atomic E-state index is 0.0514. The summed E-state index contributed by atoms with van der Waals surface area (Å²) in [6.45, 7) is 22.4. The van der Waals surface area contributed by atoms with Crippen LogP contribution in [0, 0.1) is 11.8 Å². The van der Waals surface area contributed by atoms with E-state index in [2.05, 4.69) is 44.5 Å². The lowest BCUT2D eigenvalue weighted by molar-refractivity contribution is -0.147. The number of hydrogen-bond donors (Lipinski definition) is 2. The zero-order chi connectivity index (χ0) is 33.7. The summed E-state index contributed by atoms with van der Waals surface area (Å²) >= 11 is 6.08. The maximum absolute atomic E-state index is 12.9. The van der Waals surface area contributed by atoms with Gasteiger partial charge < -0.3 is 19.8 Å². The average molecular weight is 647 g/mol. The van der Waals surface area contributed by atoms with Gasteiger partial charge >= 0.3 is 5.97 Å². The zero-order valence-corrected chi connectivity index (χ0v) is 30.4. The van der Waals surface area contributed by atoms with Gasteiger partial charge in [-0.2, -0.15) is 0 Å². The molecular weight excluding hydrogens is 592 g/mol. The van der Waals surface area contributed by atoms with Crippen molar-refractivity contribution >= 4 is 37.7 Å². The van der Waals surface area contributed by atoms with Crippen molar-refractivity contribution in [3.8, 4) is 0 Å². The Bertz CT molecular complexity index is 1170. The summed E-state index contributed by atoms with van der Waals surface area (Å²) in [6, 6.07) is -0.694. The highest BCUT2D eigenvalue weighted by atomic mass is 35.5. The number of amides is 2. The van der Waals surface area contributed by atoms with Crippen molar-refractivity contribution in [2.45, 2.75) is 118 Å². The van der Waals surface area contributed by atoms with Gasteiger partial charge in [0.15, 0.2) is 8.32 Å². The van der Waals surface area contributed by atoms with E-state index in [0.717, 1.165) is 10.6 Å². The number of carbonyl (C=O) groups is 3. The maximum atomic E-state index is 12.9. The molecule has 0 spiro atoms. The number of rotatable bonds is 15. The van der Waals surface area contributed by atoms with Crippen LogP contribution >= 0.6 is 11.6 Å². The Labute approximate surface area is 272 Å². The van der Waals surface area contributed by atoms with Crippen LogP contribution in [0.2, 0.25) is 18.1 Å². The molecule has 0 saturated heterocycles. The molecule has 4 atom stereocenters. The molecule has 1 aliphatic heterocycles. The van der Waals surface area contributed by atoms with E-state index in [-0.39, 0.29) is 46.9 Å². The topological polar surface area (TPSA) is 93.7 Å². The van der Waals surface area contributed by atoms with E-state index >= 15 is 0 Å². The summed E-state index contributed by atoms with van der Waals surface area (Å²) in [7, 11) is -1.99. The third-order valence-corrected chi connectivity index (χ3v) is 12.7. The lowest BCUT2D eigenvalue weighted by Crippen LogP contribution is -2.48. The van der Waals surface area contributed by atoms with Crippen LogP contribution in [0.25, 0.3) is 0 Å². The van der Waals surface area contributed by atoms with Gasteiger partial charge in [0.2, 0.25) is 11.8 Å². The monoisotopic (exact) mass is 646 g/mol. The third-order valence-electron chi connectivity index (χ3n) is 7.99. The number of halogens is 1. The lowest BCUT2D eigenvalue weighted by Gasteiger charge is -2.39. The number of nitrogens with one attached hydrogen (secondary N) is 2. The molecule has 9 heteroatoms. The van der Waals surface area contributed by atoms with E-state index in [9.17, 15) is 14.4 Å². The number of carbonyl (C=O) groups excluding carboxylic acids is 3. The van der Waals surface area contributed by atoms with Crippen LogP contribution in [0.4, 0.5) is 0 Å². The van der Waals surface area contributed by atoms with Gasteiger partial charge in [0.25, 0.3) is 0 Å². The third kappa shape index (κ3) is 14.4. The highest BCUT2D eigenvalue weighted by Gasteiger charge is 2.38. The molecule has 0 radical (unpaired) electrons. The Balaban J connectivity index is 2.71. The van der Waals surface area contributed by atoms with E-state index in [4.69, 9.17) is 20.8 Å². The second kappa shape index (κ2) is 18.3. The fourth-order valence-electron chi connectivity index (χ4n) is 4.17. The first kappa shape index (κ1) is 39.3. The molecule has 0 bridgehead atoms. The van der Waals surface area contributed by atoms with Gasteiger partial charge in [-0.15, -0.1) is 0 Å². The molecule has 0 saturated carbocycles. The quantitative estimate of drug-likeness (QED) is 0.0813. The Morgan fingerprint density at radius 1 is 1.14 bits per heavy atom. The number of allylic oxidation sites excluding steroid dienone is 5. The standard InChI is InChI=1S/C35H55ClN2O5Si/c1-24(2)32(33(40)37-22-14-16-29(20-19-28(6)36)43-44(10,11)35(7,8)9)38-31(39)17-13-12-15-25(3)23-27(5)30-21-18-26(4)34(41)42-30/h12-15,17-19,22-24,27,29-30,32H,16,20-21H2,1-11H3,(H,37,40)(H,38,39)/b15-12-,17-13-,22-14-,25-23+,28-19+/t27-,29+,30-,32-/m0/s1. The Hall–Kier alpha value is -2.68. The smallest absolute Gasteiger partial charge is 0.333 e. The van der Waals surface area contributed by atoms with Gasteiger partial charge in [0.05, 0.1) is 6.10 Å². The first-order valence-corrected chi connectivity index (χ1v) is 18.8. The number of hydrogen-bond acceptors (Lipinski definition) is 5. The lowest BCUT2D eigenvalue weighted by atomic mass is 9.96. The van der Waals surface area contributed by atoms with Crippen LogP contribution in [0.3, 0.4) is 0 Å². The van der Waals surface area contributed by atoms with Crippen molar-refractivity contribution in [1.82, 2.24) is 10.6 Å². The number of cyclic esters (lactones) is 1. The zero-order valence-electron chi connectivity index (χ0n) is 28.6. The molecule has 0 unspecified atom stereocenters. The van der Waals surface area contributed by atoms with Crippen molar-refractivity contribution in [3.05, 3.63) is 71.0 Å². The Morgan fingerprint density at radius 2 is 1.77 bits per heavy atom. The van der Waals surface area contributed by atoms with Crippen LogP contribution in [-0.2, 0) is 23.5 Å². The number of esters is 1. The molecular formula is C35H55ClN2O5Si. The van der Waals surface area contributed by atoms with E-state index < -0.39 is 14.4 Å². The van der Waals surface area contributed by atoms with E-state index in [0.29, 0.717) is 24.8 Å². The average Bonchev–Trinajstić information content (AvgIpc) is 2.90. The van der Waals surface area contributed by atoms with E-state index in [1.807, 2.05) is 65.0 Å². The van der Waals surface area contributed by atoms with Crippen molar-refractivity contribution in [2.75, 3.05) is 0 Å². The molecule has 246 valence electrons. The van der Waals surface area contributed by atoms with E-state index in [1.54, 1.807) is 25.3 Å². The molecule has 7 nitrogen and oxygen atoms in total. The molecule has 2 N–H and O–H groups in total. The largest absolute Gasteiger partial charge is 0.458 e. The molecule has 0 aliphatic carbocycles. The van der Waals surface area contributed by atoms with Crippen molar-refractivity contribution in [1.29, 1.82) is 0 Å². The summed E-state index contributed by atoms with van der Waals surface area (Å²) in [4.78, 5) is 37.3. The highest BCUT2D eigenvalue weighted by Crippen LogP contribution is 2.38. The van der Waals surface area contributed by atoms with Crippen LogP contribution in [-0.4, -0.2) is 44.4 Å². The molecule has 0 aromatic heterocycles. The van der Waals surface area contributed by atoms with Gasteiger partial charge in [-0.05, 0) is 63.9 Å². The van der Waals surface area contributed by atoms with Gasteiger partial charge in [-0.1, -0.05) is 101 Å². The highest BCUT2D eigenvalue weighted by molar-refractivity contribution is 6.74. The first-order valence-electron chi connectivity index (χ1n) is 15.5. The summed E-state index contributed by atoms with van der Waals surface area (Å²) in [5.41, 5.74) is 1.63. The summed E-state index contributed by atoms with van der Waals surface area (Å²) in [5.74, 6) is -0.957. The predicted molar refractivity (Wildman–Crippen MR) is 184 cm³/mol. The fraction of sp³-hybridized carbons (Fsp3) is 0.571. The van der Waals surface area contributed by atoms with Crippen LogP contribution < -0.4 is 10.6 Å². The second-order valence-corrected chi connectivity index (χ2v) is 18.8. The molecule has 1 rings (SSSR count). The van der Waals surface area contributed by atoms with Crippen molar-refractivity contribution in [2.24, 2.45) is 11.8 Å². The minimum atomic E-state index is -1.99. The van der Waals surface area contributed by atoms with Gasteiger partial charge in [0, 0.05) is 29.0 Å². The second-order valence-electron chi connectivity index (χ2n) is 13.5. The predicted octanol–water partition coefficient (Wildman–Crippen LogP) is 8.03. The molecule has 2 amide bonds. The van der Waals surface area contributed by atoms with Crippen LogP contribution in [0.5, 0.6) is 0 Å². The summed E-state index contributed by atoms with van der Waals surface area (Å²) < 4.78 is 12.1. The van der Waals surface area contributed by atoms with Crippen molar-refractivity contribution < 1.29 is 23.5 Å². The molecule has 0 aromatic rings. The van der Waals surface area contributed by atoms with Gasteiger partial charge in [-0.3, -0.25) is 9.59 Å². The molecule has 1 heterocycles. The molecule has 44 heavy (non-hydrogen) atoms. The number of ether oxygens (including phenoxy) is 1.